The number of aromatic amines is 1. The van der Waals surface area contributed by atoms with Crippen molar-refractivity contribution in [2.45, 2.75) is 6.54 Å². The average Bonchev–Trinajstić information content (AvgIpc) is 2.97. The van der Waals surface area contributed by atoms with Gasteiger partial charge in [-0.05, 0) is 17.7 Å². The second kappa shape index (κ2) is 4.05. The summed E-state index contributed by atoms with van der Waals surface area (Å²) in [6, 6.07) is 7.86. The maximum atomic E-state index is 8.85. The number of ether oxygens (including phenoxy) is 2. The van der Waals surface area contributed by atoms with E-state index in [1.807, 2.05) is 22.8 Å². The van der Waals surface area contributed by atoms with Crippen molar-refractivity contribution in [1.82, 2.24) is 4.98 Å². The Labute approximate surface area is 103 Å². The van der Waals surface area contributed by atoms with Crippen LogP contribution in [0.5, 0.6) is 11.5 Å². The van der Waals surface area contributed by atoms with Crippen molar-refractivity contribution in [2.75, 3.05) is 6.79 Å². The van der Waals surface area contributed by atoms with Crippen LogP contribution in [0.3, 0.4) is 0 Å². The number of hydrogen-bond donors (Lipinski definition) is 2. The number of fused-ring (bicyclic) bond motifs is 1. The molecule has 6 nitrogen and oxygen atoms in total. The molecule has 0 aliphatic carbocycles. The van der Waals surface area contributed by atoms with Crippen molar-refractivity contribution >= 4 is 5.82 Å². The van der Waals surface area contributed by atoms with Crippen molar-refractivity contribution in [3.8, 4) is 17.6 Å². The molecule has 0 bridgehead atoms. The molecule has 0 spiro atoms. The van der Waals surface area contributed by atoms with Gasteiger partial charge in [0.05, 0.1) is 0 Å². The first-order valence-electron chi connectivity index (χ1n) is 5.49. The zero-order valence-corrected chi connectivity index (χ0v) is 9.64. The standard InChI is InChI=1S/C12H10N4O2/c13-4-9-12(14)16(6-15-9)5-8-1-2-10-11(3-8)18-7-17-10/h1-3,6H,5,7,14H2/p+2. The topological polar surface area (TPSA) is 89.6 Å². The van der Waals surface area contributed by atoms with E-state index in [-0.39, 0.29) is 6.79 Å². The molecular formula is C12H12N4O2+2. The first kappa shape index (κ1) is 10.6. The Bertz CT molecular complexity index is 642. The fourth-order valence-corrected chi connectivity index (χ4v) is 1.92. The molecule has 0 atom stereocenters. The highest BCUT2D eigenvalue weighted by molar-refractivity contribution is 5.44. The molecule has 1 aromatic heterocycles. The molecule has 0 saturated heterocycles. The third-order valence-corrected chi connectivity index (χ3v) is 2.90. The maximum Gasteiger partial charge on any atom is 0.346 e. The Hall–Kier alpha value is -2.52. The van der Waals surface area contributed by atoms with Crippen LogP contribution in [0.15, 0.2) is 24.5 Å². The monoisotopic (exact) mass is 244 g/mol. The van der Waals surface area contributed by atoms with E-state index in [1.165, 1.54) is 0 Å². The van der Waals surface area contributed by atoms with E-state index in [0.29, 0.717) is 18.1 Å². The van der Waals surface area contributed by atoms with Crippen LogP contribution < -0.4 is 19.8 Å². The van der Waals surface area contributed by atoms with Gasteiger partial charge in [0.25, 0.3) is 0 Å². The summed E-state index contributed by atoms with van der Waals surface area (Å²) in [6.45, 7) is 0.906. The Balaban J connectivity index is 1.88. The number of H-pyrrole nitrogens is 1. The van der Waals surface area contributed by atoms with Crippen LogP contribution in [0.1, 0.15) is 11.3 Å². The molecule has 6 heteroatoms. The molecule has 0 saturated carbocycles. The number of nitriles is 1. The summed E-state index contributed by atoms with van der Waals surface area (Å²) >= 11 is 0. The molecule has 0 amide bonds. The minimum atomic E-state index is 0.273. The predicted octanol–water partition coefficient (Wildman–Crippen LogP) is -0.176. The molecule has 0 unspecified atom stereocenters. The van der Waals surface area contributed by atoms with Gasteiger partial charge in [-0.15, -0.1) is 0 Å². The molecule has 1 aliphatic rings. The normalized spacial score (nSPS) is 12.4. The summed E-state index contributed by atoms with van der Waals surface area (Å²) in [4.78, 5) is 2.88. The largest absolute Gasteiger partial charge is 0.454 e. The third kappa shape index (κ3) is 1.67. The maximum absolute atomic E-state index is 8.85. The van der Waals surface area contributed by atoms with Gasteiger partial charge in [-0.1, -0.05) is 6.07 Å². The molecule has 2 heterocycles. The predicted molar refractivity (Wildman–Crippen MR) is 59.9 cm³/mol. The lowest BCUT2D eigenvalue weighted by atomic mass is 10.2. The lowest BCUT2D eigenvalue weighted by Crippen LogP contribution is -2.53. The van der Waals surface area contributed by atoms with Crippen LogP contribution in [-0.4, -0.2) is 11.8 Å². The fourth-order valence-electron chi connectivity index (χ4n) is 1.92. The summed E-state index contributed by atoms with van der Waals surface area (Å²) in [5.41, 5.74) is 5.42. The molecule has 18 heavy (non-hydrogen) atoms. The van der Waals surface area contributed by atoms with Crippen molar-refractivity contribution in [3.05, 3.63) is 35.8 Å². The van der Waals surface area contributed by atoms with E-state index in [2.05, 4.69) is 16.8 Å². The Kier molecular flexibility index (Phi) is 2.39. The summed E-state index contributed by atoms with van der Waals surface area (Å²) in [5, 5.41) is 8.85. The second-order valence-electron chi connectivity index (χ2n) is 4.02. The van der Waals surface area contributed by atoms with Gasteiger partial charge >= 0.3 is 11.5 Å². The smallest absolute Gasteiger partial charge is 0.346 e. The molecule has 3 rings (SSSR count). The summed E-state index contributed by atoms with van der Waals surface area (Å²) in [5.74, 6) is 2.20. The van der Waals surface area contributed by atoms with Crippen molar-refractivity contribution in [1.29, 1.82) is 5.26 Å². The van der Waals surface area contributed by atoms with Crippen LogP contribution in [-0.2, 0) is 6.54 Å². The molecule has 1 aromatic carbocycles. The van der Waals surface area contributed by atoms with Gasteiger partial charge in [0, 0.05) is 0 Å². The molecular weight excluding hydrogens is 232 g/mol. The average molecular weight is 244 g/mol. The highest BCUT2D eigenvalue weighted by Crippen LogP contribution is 2.32. The van der Waals surface area contributed by atoms with Crippen molar-refractivity contribution < 1.29 is 19.8 Å². The number of hydrogen-bond acceptors (Lipinski definition) is 3. The second-order valence-corrected chi connectivity index (χ2v) is 4.02. The first-order valence-corrected chi connectivity index (χ1v) is 5.49. The zero-order valence-electron chi connectivity index (χ0n) is 9.64. The van der Waals surface area contributed by atoms with Gasteiger partial charge in [-0.3, -0.25) is 5.73 Å². The fraction of sp³-hybridized carbons (Fsp3) is 0.167. The number of benzene rings is 1. The van der Waals surface area contributed by atoms with Crippen LogP contribution >= 0.6 is 0 Å². The molecule has 4 N–H and O–H groups in total. The molecule has 0 radical (unpaired) electrons. The number of nitrogens with one attached hydrogen (secondary N) is 1. The van der Waals surface area contributed by atoms with Gasteiger partial charge in [0.15, 0.2) is 17.6 Å². The number of aromatic nitrogens is 2. The minimum absolute atomic E-state index is 0.273. The van der Waals surface area contributed by atoms with Gasteiger partial charge in [-0.25, -0.2) is 4.98 Å². The lowest BCUT2D eigenvalue weighted by molar-refractivity contribution is -0.715. The van der Waals surface area contributed by atoms with Crippen LogP contribution in [0.4, 0.5) is 5.82 Å². The zero-order chi connectivity index (χ0) is 12.5. The third-order valence-electron chi connectivity index (χ3n) is 2.90. The number of imidazole rings is 1. The van der Waals surface area contributed by atoms with Gasteiger partial charge in [0.2, 0.25) is 13.1 Å². The Morgan fingerprint density at radius 3 is 3.00 bits per heavy atom. The lowest BCUT2D eigenvalue weighted by Gasteiger charge is -2.00. The summed E-state index contributed by atoms with van der Waals surface area (Å²) < 4.78 is 12.5. The molecule has 0 fully saturated rings. The quantitative estimate of drug-likeness (QED) is 0.718. The van der Waals surface area contributed by atoms with E-state index < -0.39 is 0 Å². The SMILES string of the molecule is N#Cc1[nH]c[n+](Cc2ccc3c(c2)OCO3)c1[NH3+]. The minimum Gasteiger partial charge on any atom is -0.454 e. The molecule has 1 aliphatic heterocycles. The Morgan fingerprint density at radius 1 is 1.39 bits per heavy atom. The highest BCUT2D eigenvalue weighted by atomic mass is 16.7. The van der Waals surface area contributed by atoms with E-state index in [4.69, 9.17) is 14.7 Å². The summed E-state index contributed by atoms with van der Waals surface area (Å²) in [6.07, 6.45) is 1.74. The van der Waals surface area contributed by atoms with Crippen LogP contribution in [0, 0.1) is 11.3 Å². The summed E-state index contributed by atoms with van der Waals surface area (Å²) in [7, 11) is 0. The van der Waals surface area contributed by atoms with Gasteiger partial charge in [0.1, 0.15) is 6.54 Å². The van der Waals surface area contributed by atoms with Crippen molar-refractivity contribution in [2.24, 2.45) is 0 Å². The number of nitrogens with zero attached hydrogens (tertiary/aromatic N) is 2. The van der Waals surface area contributed by atoms with Crippen LogP contribution in [0.2, 0.25) is 0 Å². The van der Waals surface area contributed by atoms with Crippen molar-refractivity contribution in [3.63, 3.8) is 0 Å². The van der Waals surface area contributed by atoms with E-state index >= 15 is 0 Å². The highest BCUT2D eigenvalue weighted by Gasteiger charge is 2.19. The van der Waals surface area contributed by atoms with Gasteiger partial charge in [-0.2, -0.15) is 9.83 Å². The number of rotatable bonds is 2. The van der Waals surface area contributed by atoms with E-state index in [9.17, 15) is 0 Å². The Morgan fingerprint density at radius 2 is 2.22 bits per heavy atom. The van der Waals surface area contributed by atoms with Crippen LogP contribution in [0.25, 0.3) is 0 Å². The number of quaternary nitrogens is 1. The molecule has 90 valence electrons. The molecule has 2 aromatic rings. The first-order chi connectivity index (χ1) is 8.78. The van der Waals surface area contributed by atoms with Gasteiger partial charge < -0.3 is 9.47 Å². The van der Waals surface area contributed by atoms with E-state index in [1.54, 1.807) is 6.33 Å². The van der Waals surface area contributed by atoms with E-state index in [0.717, 1.165) is 17.1 Å².